The fourth-order valence-corrected chi connectivity index (χ4v) is 3.67. The lowest BCUT2D eigenvalue weighted by atomic mass is 9.97. The van der Waals surface area contributed by atoms with Crippen molar-refractivity contribution in [1.29, 1.82) is 0 Å². The molecule has 4 rings (SSSR count). The van der Waals surface area contributed by atoms with Gasteiger partial charge in [-0.1, -0.05) is 12.1 Å². The number of methoxy groups -OCH3 is 2. The molecule has 1 saturated heterocycles. The van der Waals surface area contributed by atoms with Gasteiger partial charge in [-0.25, -0.2) is 0 Å². The number of rotatable bonds is 6. The van der Waals surface area contributed by atoms with Crippen LogP contribution >= 0.6 is 0 Å². The molecule has 0 saturated carbocycles. The van der Waals surface area contributed by atoms with Crippen LogP contribution in [-0.4, -0.2) is 53.3 Å². The van der Waals surface area contributed by atoms with Crippen LogP contribution in [0.3, 0.4) is 0 Å². The van der Waals surface area contributed by atoms with Crippen molar-refractivity contribution in [2.75, 3.05) is 27.3 Å². The Kier molecular flexibility index (Phi) is 5.92. The number of hydrogen-bond acceptors (Lipinski definition) is 7. The molecule has 0 N–H and O–H groups in total. The summed E-state index contributed by atoms with van der Waals surface area (Å²) in [6.07, 6.45) is 3.79. The molecule has 0 radical (unpaired) electrons. The molecule has 3 aromatic rings. The summed E-state index contributed by atoms with van der Waals surface area (Å²) >= 11 is 0. The van der Waals surface area contributed by atoms with Crippen LogP contribution in [0.4, 0.5) is 0 Å². The number of benzene rings is 1. The van der Waals surface area contributed by atoms with Crippen LogP contribution in [-0.2, 0) is 11.2 Å². The number of hydrogen-bond donors (Lipinski definition) is 0. The Morgan fingerprint density at radius 3 is 2.80 bits per heavy atom. The third kappa shape index (κ3) is 4.27. The Morgan fingerprint density at radius 2 is 2.03 bits per heavy atom. The van der Waals surface area contributed by atoms with Crippen LogP contribution in [0, 0.1) is 0 Å². The lowest BCUT2D eigenvalue weighted by Crippen LogP contribution is -2.40. The number of piperidine rings is 1. The lowest BCUT2D eigenvalue weighted by Gasteiger charge is -2.31. The molecular weight excluding hydrogens is 384 g/mol. The Morgan fingerprint density at radius 1 is 1.17 bits per heavy atom. The number of carbonyl (C=O) groups excluding carboxylic acids is 1. The molecule has 8 nitrogen and oxygen atoms in total. The fourth-order valence-electron chi connectivity index (χ4n) is 3.67. The molecule has 8 heteroatoms. The minimum Gasteiger partial charge on any atom is -0.493 e. The van der Waals surface area contributed by atoms with Crippen molar-refractivity contribution in [3.8, 4) is 23.1 Å². The van der Waals surface area contributed by atoms with Gasteiger partial charge in [0, 0.05) is 19.3 Å². The quantitative estimate of drug-likeness (QED) is 0.619. The molecule has 1 unspecified atom stereocenters. The SMILES string of the molecule is COc1ccc(CC(=O)N2CCCC(c3nnc(-c4ccccn4)o3)C2)cc1OC. The highest BCUT2D eigenvalue weighted by Gasteiger charge is 2.28. The van der Waals surface area contributed by atoms with Gasteiger partial charge in [0.15, 0.2) is 11.5 Å². The predicted octanol–water partition coefficient (Wildman–Crippen LogP) is 3.10. The minimum atomic E-state index is 0.0260. The van der Waals surface area contributed by atoms with Crippen LogP contribution in [0.2, 0.25) is 0 Å². The molecule has 3 heterocycles. The van der Waals surface area contributed by atoms with Crippen LogP contribution < -0.4 is 9.47 Å². The van der Waals surface area contributed by atoms with Gasteiger partial charge in [-0.3, -0.25) is 9.78 Å². The van der Waals surface area contributed by atoms with Crippen LogP contribution in [0.25, 0.3) is 11.6 Å². The summed E-state index contributed by atoms with van der Waals surface area (Å²) in [6.45, 7) is 1.29. The molecule has 1 fully saturated rings. The van der Waals surface area contributed by atoms with Crippen molar-refractivity contribution < 1.29 is 18.7 Å². The zero-order valence-corrected chi connectivity index (χ0v) is 17.1. The first kappa shape index (κ1) is 19.9. The van der Waals surface area contributed by atoms with Crippen molar-refractivity contribution in [2.24, 2.45) is 0 Å². The highest BCUT2D eigenvalue weighted by Crippen LogP contribution is 2.30. The smallest absolute Gasteiger partial charge is 0.266 e. The number of amides is 1. The third-order valence-electron chi connectivity index (χ3n) is 5.25. The summed E-state index contributed by atoms with van der Waals surface area (Å²) < 4.78 is 16.5. The maximum atomic E-state index is 12.9. The van der Waals surface area contributed by atoms with E-state index in [9.17, 15) is 4.79 Å². The molecule has 30 heavy (non-hydrogen) atoms. The average molecular weight is 408 g/mol. The largest absolute Gasteiger partial charge is 0.493 e. The summed E-state index contributed by atoms with van der Waals surface area (Å²) in [5.74, 6) is 2.31. The first-order valence-corrected chi connectivity index (χ1v) is 9.91. The van der Waals surface area contributed by atoms with E-state index in [2.05, 4.69) is 15.2 Å². The van der Waals surface area contributed by atoms with Crippen LogP contribution in [0.5, 0.6) is 11.5 Å². The van der Waals surface area contributed by atoms with Gasteiger partial charge in [-0.15, -0.1) is 10.2 Å². The Hall–Kier alpha value is -3.42. The van der Waals surface area contributed by atoms with E-state index >= 15 is 0 Å². The van der Waals surface area contributed by atoms with Crippen molar-refractivity contribution in [3.63, 3.8) is 0 Å². The van der Waals surface area contributed by atoms with Gasteiger partial charge in [0.1, 0.15) is 5.69 Å². The minimum absolute atomic E-state index is 0.0260. The molecule has 2 aromatic heterocycles. The normalized spacial score (nSPS) is 16.3. The lowest BCUT2D eigenvalue weighted by molar-refractivity contribution is -0.131. The molecule has 1 amide bonds. The van der Waals surface area contributed by atoms with Crippen molar-refractivity contribution in [3.05, 3.63) is 54.0 Å². The molecule has 156 valence electrons. The van der Waals surface area contributed by atoms with Crippen LogP contribution in [0.15, 0.2) is 47.0 Å². The van der Waals surface area contributed by atoms with Gasteiger partial charge in [-0.05, 0) is 42.7 Å². The monoisotopic (exact) mass is 408 g/mol. The zero-order chi connectivity index (χ0) is 20.9. The summed E-state index contributed by atoms with van der Waals surface area (Å²) in [7, 11) is 3.18. The Bertz CT molecular complexity index is 1010. The number of nitrogens with zero attached hydrogens (tertiary/aromatic N) is 4. The number of aromatic nitrogens is 3. The number of likely N-dealkylation sites (tertiary alicyclic amines) is 1. The number of carbonyl (C=O) groups is 1. The van der Waals surface area contributed by atoms with E-state index in [-0.39, 0.29) is 11.8 Å². The van der Waals surface area contributed by atoms with E-state index in [1.807, 2.05) is 41.3 Å². The predicted molar refractivity (Wildman–Crippen MR) is 109 cm³/mol. The van der Waals surface area contributed by atoms with Crippen molar-refractivity contribution in [2.45, 2.75) is 25.2 Å². The van der Waals surface area contributed by atoms with Gasteiger partial charge in [0.2, 0.25) is 11.8 Å². The maximum absolute atomic E-state index is 12.9. The second kappa shape index (κ2) is 8.94. The highest BCUT2D eigenvalue weighted by molar-refractivity contribution is 5.79. The van der Waals surface area contributed by atoms with E-state index in [0.717, 1.165) is 24.9 Å². The highest BCUT2D eigenvalue weighted by atomic mass is 16.5. The van der Waals surface area contributed by atoms with Gasteiger partial charge >= 0.3 is 0 Å². The maximum Gasteiger partial charge on any atom is 0.266 e. The molecule has 1 atom stereocenters. The molecule has 1 aliphatic rings. The van der Waals surface area contributed by atoms with Gasteiger partial charge in [0.05, 0.1) is 26.6 Å². The molecule has 0 aliphatic carbocycles. The fraction of sp³-hybridized carbons (Fsp3) is 0.364. The van der Waals surface area contributed by atoms with Gasteiger partial charge < -0.3 is 18.8 Å². The molecule has 0 spiro atoms. The summed E-state index contributed by atoms with van der Waals surface area (Å²) in [4.78, 5) is 19.0. The molecule has 1 aliphatic heterocycles. The first-order valence-electron chi connectivity index (χ1n) is 9.91. The van der Waals surface area contributed by atoms with E-state index in [4.69, 9.17) is 13.9 Å². The first-order chi connectivity index (χ1) is 14.7. The Labute approximate surface area is 174 Å². The third-order valence-corrected chi connectivity index (χ3v) is 5.25. The topological polar surface area (TPSA) is 90.6 Å². The van der Waals surface area contributed by atoms with E-state index in [0.29, 0.717) is 41.9 Å². The number of pyridine rings is 1. The van der Waals surface area contributed by atoms with Gasteiger partial charge in [-0.2, -0.15) is 0 Å². The summed E-state index contributed by atoms with van der Waals surface area (Å²) in [5, 5.41) is 8.34. The van der Waals surface area contributed by atoms with E-state index in [1.54, 1.807) is 20.4 Å². The second-order valence-corrected chi connectivity index (χ2v) is 7.21. The summed E-state index contributed by atoms with van der Waals surface area (Å²) in [5.41, 5.74) is 1.53. The van der Waals surface area contributed by atoms with E-state index in [1.165, 1.54) is 0 Å². The summed E-state index contributed by atoms with van der Waals surface area (Å²) in [6, 6.07) is 11.1. The standard InChI is InChI=1S/C22H24N4O4/c1-28-18-9-8-15(12-19(18)29-2)13-20(27)26-11-5-6-16(14-26)21-24-25-22(30-21)17-7-3-4-10-23-17/h3-4,7-10,12,16H,5-6,11,13-14H2,1-2H3. The van der Waals surface area contributed by atoms with E-state index < -0.39 is 0 Å². The number of ether oxygens (including phenoxy) is 2. The zero-order valence-electron chi connectivity index (χ0n) is 17.1. The second-order valence-electron chi connectivity index (χ2n) is 7.21. The molecular formula is C22H24N4O4. The van der Waals surface area contributed by atoms with Gasteiger partial charge in [0.25, 0.3) is 5.89 Å². The van der Waals surface area contributed by atoms with Crippen molar-refractivity contribution in [1.82, 2.24) is 20.1 Å². The molecule has 0 bridgehead atoms. The Balaban J connectivity index is 1.43. The van der Waals surface area contributed by atoms with Crippen molar-refractivity contribution >= 4 is 5.91 Å². The average Bonchev–Trinajstić information content (AvgIpc) is 3.30. The van der Waals surface area contributed by atoms with Crippen LogP contribution in [0.1, 0.15) is 30.2 Å². The molecule has 1 aromatic carbocycles.